The largest absolute Gasteiger partial charge is 0.392 e. The van der Waals surface area contributed by atoms with Gasteiger partial charge in [0.2, 0.25) is 0 Å². The van der Waals surface area contributed by atoms with Crippen LogP contribution in [0.4, 0.5) is 0 Å². The molecule has 0 radical (unpaired) electrons. The molecule has 2 fully saturated rings. The van der Waals surface area contributed by atoms with Gasteiger partial charge in [0.05, 0.1) is 12.2 Å². The van der Waals surface area contributed by atoms with Gasteiger partial charge in [-0.3, -0.25) is 0 Å². The van der Waals surface area contributed by atoms with E-state index in [1.54, 1.807) is 0 Å². The predicted octanol–water partition coefficient (Wildman–Crippen LogP) is -0.0913. The van der Waals surface area contributed by atoms with Crippen molar-refractivity contribution in [1.29, 1.82) is 0 Å². The Bertz CT molecular complexity index is 141. The maximum absolute atomic E-state index is 9.48. The summed E-state index contributed by atoms with van der Waals surface area (Å²) in [5.74, 6) is 0. The lowest BCUT2D eigenvalue weighted by Crippen LogP contribution is -2.59. The third-order valence-corrected chi connectivity index (χ3v) is 3.20. The minimum Gasteiger partial charge on any atom is -0.392 e. The molecular formula is C8H14O3. The van der Waals surface area contributed by atoms with Crippen molar-refractivity contribution in [3.8, 4) is 0 Å². The normalized spacial score (nSPS) is 42.0. The van der Waals surface area contributed by atoms with Crippen molar-refractivity contribution in [2.75, 3.05) is 13.2 Å². The lowest BCUT2D eigenvalue weighted by molar-refractivity contribution is -0.203. The van der Waals surface area contributed by atoms with Crippen molar-refractivity contribution in [3.63, 3.8) is 0 Å². The summed E-state index contributed by atoms with van der Waals surface area (Å²) in [5, 5.41) is 19.0. The van der Waals surface area contributed by atoms with E-state index in [1.165, 1.54) is 0 Å². The molecular weight excluding hydrogens is 144 g/mol. The number of aliphatic hydroxyl groups excluding tert-OH is 2. The van der Waals surface area contributed by atoms with E-state index < -0.39 is 0 Å². The van der Waals surface area contributed by atoms with E-state index in [4.69, 9.17) is 4.74 Å². The number of rotatable bonds is 0. The Kier molecular flexibility index (Phi) is 1.67. The highest BCUT2D eigenvalue weighted by molar-refractivity contribution is 5.03. The van der Waals surface area contributed by atoms with Gasteiger partial charge in [-0.2, -0.15) is 0 Å². The van der Waals surface area contributed by atoms with E-state index in [1.807, 2.05) is 0 Å². The average molecular weight is 158 g/mol. The molecule has 0 aromatic rings. The standard InChI is InChI=1S/C8H14O3/c9-6-5-7(10)8(6)1-3-11-4-2-8/h6-7,9-10H,1-5H2/t6-,7+. The van der Waals surface area contributed by atoms with Gasteiger partial charge in [0.25, 0.3) is 0 Å². The average Bonchev–Trinajstić information content (AvgIpc) is 2.07. The molecule has 3 nitrogen and oxygen atoms in total. The molecule has 0 amide bonds. The molecule has 1 saturated heterocycles. The highest BCUT2D eigenvalue weighted by Gasteiger charge is 2.54. The Labute approximate surface area is 66.0 Å². The van der Waals surface area contributed by atoms with Crippen LogP contribution < -0.4 is 0 Å². The maximum atomic E-state index is 9.48. The lowest BCUT2D eigenvalue weighted by atomic mass is 9.59. The minimum atomic E-state index is -0.290. The molecule has 2 atom stereocenters. The molecule has 0 unspecified atom stereocenters. The van der Waals surface area contributed by atoms with Gasteiger partial charge in [-0.05, 0) is 12.8 Å². The maximum Gasteiger partial charge on any atom is 0.0647 e. The molecule has 1 aliphatic heterocycles. The highest BCUT2D eigenvalue weighted by atomic mass is 16.5. The second kappa shape index (κ2) is 2.44. The van der Waals surface area contributed by atoms with Gasteiger partial charge in [-0.15, -0.1) is 0 Å². The Balaban J connectivity index is 2.06. The van der Waals surface area contributed by atoms with E-state index in [-0.39, 0.29) is 17.6 Å². The predicted molar refractivity (Wildman–Crippen MR) is 39.1 cm³/mol. The zero-order valence-electron chi connectivity index (χ0n) is 6.49. The van der Waals surface area contributed by atoms with E-state index in [9.17, 15) is 10.2 Å². The van der Waals surface area contributed by atoms with Crippen molar-refractivity contribution in [3.05, 3.63) is 0 Å². The van der Waals surface area contributed by atoms with Crippen LogP contribution >= 0.6 is 0 Å². The Morgan fingerprint density at radius 3 is 2.00 bits per heavy atom. The van der Waals surface area contributed by atoms with Crippen LogP contribution in [-0.2, 0) is 4.74 Å². The van der Waals surface area contributed by atoms with Crippen LogP contribution in [0.1, 0.15) is 19.3 Å². The van der Waals surface area contributed by atoms with E-state index >= 15 is 0 Å². The van der Waals surface area contributed by atoms with E-state index in [2.05, 4.69) is 0 Å². The molecule has 2 N–H and O–H groups in total. The zero-order valence-corrected chi connectivity index (χ0v) is 6.49. The van der Waals surface area contributed by atoms with Crippen molar-refractivity contribution in [1.82, 2.24) is 0 Å². The van der Waals surface area contributed by atoms with Crippen LogP contribution in [-0.4, -0.2) is 35.6 Å². The summed E-state index contributed by atoms with van der Waals surface area (Å²) in [6.07, 6.45) is 1.60. The first-order valence-corrected chi connectivity index (χ1v) is 4.19. The third-order valence-electron chi connectivity index (χ3n) is 3.20. The van der Waals surface area contributed by atoms with Crippen LogP contribution in [0.25, 0.3) is 0 Å². The van der Waals surface area contributed by atoms with Gasteiger partial charge < -0.3 is 14.9 Å². The molecule has 11 heavy (non-hydrogen) atoms. The summed E-state index contributed by atoms with van der Waals surface area (Å²) < 4.78 is 5.18. The molecule has 0 aromatic carbocycles. The first-order chi connectivity index (χ1) is 5.26. The number of aliphatic hydroxyl groups is 2. The van der Waals surface area contributed by atoms with Crippen LogP contribution in [0.5, 0.6) is 0 Å². The van der Waals surface area contributed by atoms with Gasteiger partial charge in [0, 0.05) is 25.0 Å². The summed E-state index contributed by atoms with van der Waals surface area (Å²) in [6.45, 7) is 1.38. The first-order valence-electron chi connectivity index (χ1n) is 4.19. The van der Waals surface area contributed by atoms with Gasteiger partial charge in [-0.1, -0.05) is 0 Å². The second-order valence-corrected chi connectivity index (χ2v) is 3.61. The van der Waals surface area contributed by atoms with Gasteiger partial charge in [0.15, 0.2) is 0 Å². The Hall–Kier alpha value is -0.120. The van der Waals surface area contributed by atoms with E-state index in [0.717, 1.165) is 12.8 Å². The van der Waals surface area contributed by atoms with Gasteiger partial charge in [-0.25, -0.2) is 0 Å². The zero-order chi connectivity index (χ0) is 7.90. The summed E-state index contributed by atoms with van der Waals surface area (Å²) in [5.41, 5.74) is -0.196. The molecule has 0 aromatic heterocycles. The van der Waals surface area contributed by atoms with Crippen LogP contribution in [0.15, 0.2) is 0 Å². The molecule has 1 saturated carbocycles. The van der Waals surface area contributed by atoms with Crippen LogP contribution in [0.3, 0.4) is 0 Å². The lowest BCUT2D eigenvalue weighted by Gasteiger charge is -2.53. The molecule has 1 spiro atoms. The highest BCUT2D eigenvalue weighted by Crippen LogP contribution is 2.48. The van der Waals surface area contributed by atoms with Gasteiger partial charge >= 0.3 is 0 Å². The molecule has 64 valence electrons. The molecule has 0 bridgehead atoms. The minimum absolute atomic E-state index is 0.196. The van der Waals surface area contributed by atoms with Gasteiger partial charge in [0.1, 0.15) is 0 Å². The fraction of sp³-hybridized carbons (Fsp3) is 1.00. The Morgan fingerprint density at radius 1 is 1.09 bits per heavy atom. The summed E-state index contributed by atoms with van der Waals surface area (Å²) >= 11 is 0. The molecule has 2 aliphatic rings. The molecule has 1 aliphatic carbocycles. The first kappa shape index (κ1) is 7.53. The topological polar surface area (TPSA) is 49.7 Å². The van der Waals surface area contributed by atoms with Crippen molar-refractivity contribution in [2.45, 2.75) is 31.5 Å². The summed E-state index contributed by atoms with van der Waals surface area (Å²) in [6, 6.07) is 0. The molecule has 1 heterocycles. The van der Waals surface area contributed by atoms with Crippen molar-refractivity contribution >= 4 is 0 Å². The van der Waals surface area contributed by atoms with E-state index in [0.29, 0.717) is 19.6 Å². The Morgan fingerprint density at radius 2 is 1.64 bits per heavy atom. The number of hydrogen-bond donors (Lipinski definition) is 2. The number of ether oxygens (including phenoxy) is 1. The van der Waals surface area contributed by atoms with Crippen LogP contribution in [0.2, 0.25) is 0 Å². The van der Waals surface area contributed by atoms with Crippen molar-refractivity contribution < 1.29 is 14.9 Å². The monoisotopic (exact) mass is 158 g/mol. The molecule has 2 rings (SSSR count). The smallest absolute Gasteiger partial charge is 0.0647 e. The molecule has 3 heteroatoms. The third kappa shape index (κ3) is 0.916. The second-order valence-electron chi connectivity index (χ2n) is 3.61. The fourth-order valence-electron chi connectivity index (χ4n) is 2.16. The number of hydrogen-bond acceptors (Lipinski definition) is 3. The van der Waals surface area contributed by atoms with Crippen LogP contribution in [0, 0.1) is 5.41 Å². The SMILES string of the molecule is O[C@@H]1C[C@H](O)C12CCOCC2. The summed E-state index contributed by atoms with van der Waals surface area (Å²) in [7, 11) is 0. The quantitative estimate of drug-likeness (QED) is 0.518. The summed E-state index contributed by atoms with van der Waals surface area (Å²) in [4.78, 5) is 0. The fourth-order valence-corrected chi connectivity index (χ4v) is 2.16. The van der Waals surface area contributed by atoms with Crippen molar-refractivity contribution in [2.24, 2.45) is 5.41 Å².